The number of fused-ring (bicyclic) bond motifs is 1. The Balaban J connectivity index is 1.72. The van der Waals surface area contributed by atoms with Gasteiger partial charge in [-0.05, 0) is 50.5 Å². The molecule has 2 aromatic rings. The first-order chi connectivity index (χ1) is 13.7. The van der Waals surface area contributed by atoms with E-state index in [1.807, 2.05) is 39.0 Å². The Morgan fingerprint density at radius 2 is 2.00 bits per heavy atom. The molecule has 2 heterocycles. The van der Waals surface area contributed by atoms with Gasteiger partial charge in [0, 0.05) is 18.2 Å². The van der Waals surface area contributed by atoms with Crippen molar-refractivity contribution in [3.63, 3.8) is 0 Å². The second-order valence-electron chi connectivity index (χ2n) is 8.17. The lowest BCUT2D eigenvalue weighted by atomic mass is 9.93. The molecular formula is C22H28ClN3O3. The Kier molecular flexibility index (Phi) is 6.22. The average molecular weight is 418 g/mol. The first kappa shape index (κ1) is 21.2. The first-order valence-corrected chi connectivity index (χ1v) is 10.2. The van der Waals surface area contributed by atoms with E-state index in [-0.39, 0.29) is 5.91 Å². The zero-order valence-electron chi connectivity index (χ0n) is 17.6. The third-order valence-electron chi connectivity index (χ3n) is 4.75. The number of hydrogen-bond donors (Lipinski definition) is 1. The van der Waals surface area contributed by atoms with Crippen LogP contribution >= 0.6 is 11.6 Å². The van der Waals surface area contributed by atoms with Crippen LogP contribution in [0.2, 0.25) is 5.15 Å². The molecule has 0 saturated heterocycles. The lowest BCUT2D eigenvalue weighted by molar-refractivity contribution is -0.118. The molecule has 0 spiro atoms. The van der Waals surface area contributed by atoms with E-state index in [2.05, 4.69) is 24.3 Å². The molecule has 1 aromatic heterocycles. The number of halogens is 1. The molecule has 1 N–H and O–H groups in total. The summed E-state index contributed by atoms with van der Waals surface area (Å²) >= 11 is 6.45. The molecule has 1 aromatic carbocycles. The van der Waals surface area contributed by atoms with Crippen LogP contribution in [-0.2, 0) is 16.9 Å². The Bertz CT molecular complexity index is 932. The van der Waals surface area contributed by atoms with E-state index in [1.165, 1.54) is 6.08 Å². The van der Waals surface area contributed by atoms with Gasteiger partial charge in [-0.2, -0.15) is 5.10 Å². The molecule has 0 fully saturated rings. The van der Waals surface area contributed by atoms with Gasteiger partial charge in [-0.1, -0.05) is 31.5 Å². The van der Waals surface area contributed by atoms with Gasteiger partial charge in [0.15, 0.2) is 11.5 Å². The second-order valence-corrected chi connectivity index (χ2v) is 8.53. The average Bonchev–Trinajstić information content (AvgIpc) is 2.91. The Labute approximate surface area is 176 Å². The van der Waals surface area contributed by atoms with Crippen LogP contribution in [0.1, 0.15) is 44.5 Å². The zero-order chi connectivity index (χ0) is 21.2. The van der Waals surface area contributed by atoms with Gasteiger partial charge in [0.2, 0.25) is 5.91 Å². The van der Waals surface area contributed by atoms with Crippen LogP contribution in [0.3, 0.4) is 0 Å². The predicted molar refractivity (Wildman–Crippen MR) is 114 cm³/mol. The summed E-state index contributed by atoms with van der Waals surface area (Å²) in [5.41, 5.74) is 1.91. The van der Waals surface area contributed by atoms with Gasteiger partial charge < -0.3 is 14.8 Å². The topological polar surface area (TPSA) is 65.4 Å². The summed E-state index contributed by atoms with van der Waals surface area (Å²) < 4.78 is 13.0. The number of hydrogen-bond acceptors (Lipinski definition) is 4. The number of amides is 1. The lowest BCUT2D eigenvalue weighted by Gasteiger charge is -2.28. The molecule has 1 amide bonds. The molecule has 7 heteroatoms. The van der Waals surface area contributed by atoms with E-state index in [0.29, 0.717) is 30.0 Å². The highest BCUT2D eigenvalue weighted by molar-refractivity contribution is 6.31. The number of aromatic nitrogens is 2. The van der Waals surface area contributed by atoms with Crippen LogP contribution in [0.25, 0.3) is 6.08 Å². The molecule has 0 unspecified atom stereocenters. The van der Waals surface area contributed by atoms with Gasteiger partial charge in [0.1, 0.15) is 18.4 Å². The lowest BCUT2D eigenvalue weighted by Crippen LogP contribution is -2.40. The minimum absolute atomic E-state index is 0.211. The van der Waals surface area contributed by atoms with E-state index in [9.17, 15) is 4.79 Å². The standard InChI is InChI=1S/C22H28ClN3O3/c1-14(2)13-26-21(23)17(15(3)25-26)7-9-20(27)24-22(4,5)16-6-8-18-19(12-16)29-11-10-28-18/h6-9,12,14H,10-11,13H2,1-5H3,(H,24,27)/b9-7+. The van der Waals surface area contributed by atoms with Crippen molar-refractivity contribution >= 4 is 23.6 Å². The third-order valence-corrected chi connectivity index (χ3v) is 5.15. The van der Waals surface area contributed by atoms with E-state index in [1.54, 1.807) is 10.8 Å². The highest BCUT2D eigenvalue weighted by Gasteiger charge is 2.24. The van der Waals surface area contributed by atoms with Gasteiger partial charge in [0.05, 0.1) is 11.2 Å². The Hall–Kier alpha value is -2.47. The zero-order valence-corrected chi connectivity index (χ0v) is 18.3. The van der Waals surface area contributed by atoms with Crippen LogP contribution in [0, 0.1) is 12.8 Å². The molecule has 6 nitrogen and oxygen atoms in total. The van der Waals surface area contributed by atoms with Gasteiger partial charge in [-0.25, -0.2) is 0 Å². The minimum atomic E-state index is -0.585. The first-order valence-electron chi connectivity index (χ1n) is 9.80. The number of rotatable bonds is 6. The molecule has 0 saturated carbocycles. The maximum atomic E-state index is 12.6. The summed E-state index contributed by atoms with van der Waals surface area (Å²) in [6.07, 6.45) is 3.21. The molecule has 156 valence electrons. The number of carbonyl (C=O) groups is 1. The number of ether oxygens (including phenoxy) is 2. The normalized spacial score (nSPS) is 13.9. The third kappa shape index (κ3) is 4.93. The minimum Gasteiger partial charge on any atom is -0.486 e. The van der Waals surface area contributed by atoms with E-state index < -0.39 is 5.54 Å². The molecule has 0 bridgehead atoms. The van der Waals surface area contributed by atoms with Crippen LogP contribution in [0.5, 0.6) is 11.5 Å². The fourth-order valence-electron chi connectivity index (χ4n) is 3.24. The predicted octanol–water partition coefficient (Wildman–Crippen LogP) is 4.34. The summed E-state index contributed by atoms with van der Waals surface area (Å²) in [6, 6.07) is 5.73. The van der Waals surface area contributed by atoms with Gasteiger partial charge in [0.25, 0.3) is 0 Å². The number of aryl methyl sites for hydroxylation is 1. The molecule has 1 aliphatic rings. The Morgan fingerprint density at radius 1 is 1.31 bits per heavy atom. The fourth-order valence-corrected chi connectivity index (χ4v) is 3.54. The molecule has 0 aliphatic carbocycles. The quantitative estimate of drug-likeness (QED) is 0.710. The fraction of sp³-hybridized carbons (Fsp3) is 0.455. The molecule has 0 atom stereocenters. The maximum absolute atomic E-state index is 12.6. The number of nitrogens with one attached hydrogen (secondary N) is 1. The van der Waals surface area contributed by atoms with Crippen molar-refractivity contribution in [2.45, 2.75) is 46.7 Å². The molecule has 3 rings (SSSR count). The van der Waals surface area contributed by atoms with Crippen molar-refractivity contribution in [2.24, 2.45) is 5.92 Å². The van der Waals surface area contributed by atoms with Gasteiger partial charge in [-0.3, -0.25) is 9.48 Å². The summed E-state index contributed by atoms with van der Waals surface area (Å²) in [7, 11) is 0. The largest absolute Gasteiger partial charge is 0.486 e. The number of carbonyl (C=O) groups excluding carboxylic acids is 1. The van der Waals surface area contributed by atoms with Crippen molar-refractivity contribution in [3.05, 3.63) is 46.2 Å². The molecular weight excluding hydrogens is 390 g/mol. The summed E-state index contributed by atoms with van der Waals surface area (Å²) in [5, 5.41) is 8.05. The van der Waals surface area contributed by atoms with Crippen LogP contribution in [0.15, 0.2) is 24.3 Å². The monoisotopic (exact) mass is 417 g/mol. The SMILES string of the molecule is Cc1nn(CC(C)C)c(Cl)c1/C=C/C(=O)NC(C)(C)c1ccc2c(c1)OCCO2. The molecule has 29 heavy (non-hydrogen) atoms. The van der Waals surface area contributed by atoms with Crippen LogP contribution in [0.4, 0.5) is 0 Å². The van der Waals surface area contributed by atoms with E-state index in [0.717, 1.165) is 29.1 Å². The van der Waals surface area contributed by atoms with Gasteiger partial charge in [-0.15, -0.1) is 0 Å². The van der Waals surface area contributed by atoms with Crippen molar-refractivity contribution < 1.29 is 14.3 Å². The molecule has 1 aliphatic heterocycles. The molecule has 0 radical (unpaired) electrons. The number of benzene rings is 1. The second kappa shape index (κ2) is 8.49. The summed E-state index contributed by atoms with van der Waals surface area (Å²) in [5.74, 6) is 1.65. The summed E-state index contributed by atoms with van der Waals surface area (Å²) in [4.78, 5) is 12.6. The van der Waals surface area contributed by atoms with Crippen LogP contribution in [-0.4, -0.2) is 28.9 Å². The van der Waals surface area contributed by atoms with Crippen molar-refractivity contribution in [3.8, 4) is 11.5 Å². The maximum Gasteiger partial charge on any atom is 0.244 e. The Morgan fingerprint density at radius 3 is 2.69 bits per heavy atom. The highest BCUT2D eigenvalue weighted by atomic mass is 35.5. The van der Waals surface area contributed by atoms with Crippen LogP contribution < -0.4 is 14.8 Å². The smallest absolute Gasteiger partial charge is 0.244 e. The number of nitrogens with zero attached hydrogens (tertiary/aromatic N) is 2. The van der Waals surface area contributed by atoms with Crippen molar-refractivity contribution in [1.29, 1.82) is 0 Å². The van der Waals surface area contributed by atoms with E-state index in [4.69, 9.17) is 21.1 Å². The van der Waals surface area contributed by atoms with Crippen molar-refractivity contribution in [1.82, 2.24) is 15.1 Å². The summed E-state index contributed by atoms with van der Waals surface area (Å²) in [6.45, 7) is 11.8. The van der Waals surface area contributed by atoms with E-state index >= 15 is 0 Å². The van der Waals surface area contributed by atoms with Gasteiger partial charge >= 0.3 is 0 Å². The highest BCUT2D eigenvalue weighted by Crippen LogP contribution is 2.34. The van der Waals surface area contributed by atoms with Crippen molar-refractivity contribution in [2.75, 3.05) is 13.2 Å².